The second-order valence-electron chi connectivity index (χ2n) is 6.10. The van der Waals surface area contributed by atoms with Crippen LogP contribution in [0, 0.1) is 0 Å². The molecule has 1 saturated heterocycles. The largest absolute Gasteiger partial charge is 0.327 e. The number of carbonyl (C=O) groups is 1. The standard InChI is InChI=1S/C18H17N5O2/c1-22-16(21-13-6-3-2-5-12(13)17(22)24)15-7-4-10-23(15)18(25)14-11-19-8-9-20-14/h2-3,5-6,8-9,11,15H,4,7,10H2,1H3. The molecule has 0 spiro atoms. The lowest BCUT2D eigenvalue weighted by atomic mass is 10.1. The van der Waals surface area contributed by atoms with Crippen LogP contribution < -0.4 is 5.56 Å². The van der Waals surface area contributed by atoms with Crippen molar-refractivity contribution in [1.82, 2.24) is 24.4 Å². The van der Waals surface area contributed by atoms with Crippen molar-refractivity contribution in [3.05, 3.63) is 64.7 Å². The van der Waals surface area contributed by atoms with Crippen molar-refractivity contribution in [3.8, 4) is 0 Å². The SMILES string of the molecule is Cn1c(C2CCCN2C(=O)c2cnccn2)nc2ccccc2c1=O. The Morgan fingerprint density at radius 1 is 1.24 bits per heavy atom. The van der Waals surface area contributed by atoms with Gasteiger partial charge in [-0.2, -0.15) is 0 Å². The topological polar surface area (TPSA) is 81.0 Å². The average molecular weight is 335 g/mol. The number of para-hydroxylation sites is 1. The minimum absolute atomic E-state index is 0.0978. The van der Waals surface area contributed by atoms with Gasteiger partial charge in [0, 0.05) is 26.0 Å². The summed E-state index contributed by atoms with van der Waals surface area (Å²) in [6.45, 7) is 0.614. The number of benzene rings is 1. The van der Waals surface area contributed by atoms with Crippen LogP contribution in [0.5, 0.6) is 0 Å². The minimum Gasteiger partial charge on any atom is -0.327 e. The zero-order valence-electron chi connectivity index (χ0n) is 13.8. The molecule has 1 atom stereocenters. The van der Waals surface area contributed by atoms with Gasteiger partial charge in [-0.05, 0) is 25.0 Å². The highest BCUT2D eigenvalue weighted by Crippen LogP contribution is 2.31. The van der Waals surface area contributed by atoms with E-state index < -0.39 is 0 Å². The van der Waals surface area contributed by atoms with E-state index in [9.17, 15) is 9.59 Å². The van der Waals surface area contributed by atoms with Gasteiger partial charge in [0.25, 0.3) is 11.5 Å². The molecule has 1 aliphatic rings. The summed E-state index contributed by atoms with van der Waals surface area (Å²) in [6, 6.07) is 7.03. The monoisotopic (exact) mass is 335 g/mol. The van der Waals surface area contributed by atoms with Crippen LogP contribution >= 0.6 is 0 Å². The van der Waals surface area contributed by atoms with Gasteiger partial charge in [0.1, 0.15) is 11.5 Å². The van der Waals surface area contributed by atoms with Crippen LogP contribution in [0.15, 0.2) is 47.7 Å². The molecule has 1 aliphatic heterocycles. The van der Waals surface area contributed by atoms with Crippen LogP contribution in [0.3, 0.4) is 0 Å². The maximum Gasteiger partial charge on any atom is 0.274 e. The molecular formula is C18H17N5O2. The molecule has 126 valence electrons. The van der Waals surface area contributed by atoms with E-state index in [4.69, 9.17) is 0 Å². The predicted molar refractivity (Wildman–Crippen MR) is 92.0 cm³/mol. The van der Waals surface area contributed by atoms with Crippen molar-refractivity contribution >= 4 is 16.8 Å². The van der Waals surface area contributed by atoms with E-state index in [1.54, 1.807) is 22.6 Å². The van der Waals surface area contributed by atoms with Crippen molar-refractivity contribution in [1.29, 1.82) is 0 Å². The molecule has 3 heterocycles. The molecule has 25 heavy (non-hydrogen) atoms. The molecule has 0 radical (unpaired) electrons. The second-order valence-corrected chi connectivity index (χ2v) is 6.10. The maximum absolute atomic E-state index is 12.8. The van der Waals surface area contributed by atoms with E-state index in [0.29, 0.717) is 29.0 Å². The first kappa shape index (κ1) is 15.4. The smallest absolute Gasteiger partial charge is 0.274 e. The Hall–Kier alpha value is -3.09. The summed E-state index contributed by atoms with van der Waals surface area (Å²) in [5.74, 6) is 0.427. The van der Waals surface area contributed by atoms with Gasteiger partial charge in [-0.1, -0.05) is 12.1 Å². The Morgan fingerprint density at radius 3 is 2.88 bits per heavy atom. The zero-order chi connectivity index (χ0) is 17.4. The fraction of sp³-hybridized carbons (Fsp3) is 0.278. The number of carbonyl (C=O) groups excluding carboxylic acids is 1. The van der Waals surface area contributed by atoms with Crippen molar-refractivity contribution in [3.63, 3.8) is 0 Å². The fourth-order valence-electron chi connectivity index (χ4n) is 3.37. The van der Waals surface area contributed by atoms with E-state index in [1.165, 1.54) is 18.6 Å². The highest BCUT2D eigenvalue weighted by atomic mass is 16.2. The van der Waals surface area contributed by atoms with Crippen LogP contribution in [-0.2, 0) is 7.05 Å². The molecule has 2 aromatic heterocycles. The first-order chi connectivity index (χ1) is 12.2. The molecule has 1 fully saturated rings. The number of fused-ring (bicyclic) bond motifs is 1. The van der Waals surface area contributed by atoms with Gasteiger partial charge >= 0.3 is 0 Å². The Kier molecular flexibility index (Phi) is 3.76. The highest BCUT2D eigenvalue weighted by Gasteiger charge is 2.34. The predicted octanol–water partition coefficient (Wildman–Crippen LogP) is 1.70. The van der Waals surface area contributed by atoms with Gasteiger partial charge in [-0.15, -0.1) is 0 Å². The molecule has 0 N–H and O–H groups in total. The van der Waals surface area contributed by atoms with Crippen molar-refractivity contribution in [2.75, 3.05) is 6.54 Å². The first-order valence-electron chi connectivity index (χ1n) is 8.19. The molecule has 1 amide bonds. The lowest BCUT2D eigenvalue weighted by Gasteiger charge is -2.25. The van der Waals surface area contributed by atoms with E-state index in [1.807, 2.05) is 18.2 Å². The third kappa shape index (κ3) is 2.57. The van der Waals surface area contributed by atoms with Crippen molar-refractivity contribution in [2.24, 2.45) is 7.05 Å². The molecule has 3 aromatic rings. The highest BCUT2D eigenvalue weighted by molar-refractivity contribution is 5.92. The average Bonchev–Trinajstić information content (AvgIpc) is 3.14. The summed E-state index contributed by atoms with van der Waals surface area (Å²) < 4.78 is 1.55. The Bertz CT molecular complexity index is 999. The molecule has 0 bridgehead atoms. The molecule has 1 aromatic carbocycles. The van der Waals surface area contributed by atoms with Gasteiger partial charge in [0.2, 0.25) is 0 Å². The van der Waals surface area contributed by atoms with E-state index in [2.05, 4.69) is 15.0 Å². The summed E-state index contributed by atoms with van der Waals surface area (Å²) in [5, 5.41) is 0.582. The number of amides is 1. The zero-order valence-corrected chi connectivity index (χ0v) is 13.8. The van der Waals surface area contributed by atoms with E-state index >= 15 is 0 Å². The molecule has 1 unspecified atom stereocenters. The molecule has 7 nitrogen and oxygen atoms in total. The van der Waals surface area contributed by atoms with Gasteiger partial charge in [0.05, 0.1) is 23.1 Å². The fourth-order valence-corrected chi connectivity index (χ4v) is 3.37. The van der Waals surface area contributed by atoms with E-state index in [-0.39, 0.29) is 17.5 Å². The number of hydrogen-bond donors (Lipinski definition) is 0. The second kappa shape index (κ2) is 6.08. The third-order valence-electron chi connectivity index (χ3n) is 4.61. The Balaban J connectivity index is 1.78. The summed E-state index contributed by atoms with van der Waals surface area (Å²) in [5.41, 5.74) is 0.860. The molecule has 0 aliphatic carbocycles. The summed E-state index contributed by atoms with van der Waals surface area (Å²) >= 11 is 0. The van der Waals surface area contributed by atoms with Crippen LogP contribution in [0.4, 0.5) is 0 Å². The number of rotatable bonds is 2. The molecule has 4 rings (SSSR count). The number of hydrogen-bond acceptors (Lipinski definition) is 5. The summed E-state index contributed by atoms with van der Waals surface area (Å²) in [4.78, 5) is 39.9. The van der Waals surface area contributed by atoms with Crippen LogP contribution in [-0.4, -0.2) is 36.9 Å². The van der Waals surface area contributed by atoms with Crippen LogP contribution in [0.2, 0.25) is 0 Å². The molecular weight excluding hydrogens is 318 g/mol. The Morgan fingerprint density at radius 2 is 2.08 bits per heavy atom. The summed E-state index contributed by atoms with van der Waals surface area (Å²) in [7, 11) is 1.71. The number of nitrogens with zero attached hydrogens (tertiary/aromatic N) is 5. The lowest BCUT2D eigenvalue weighted by Crippen LogP contribution is -2.35. The van der Waals surface area contributed by atoms with Gasteiger partial charge in [-0.3, -0.25) is 19.1 Å². The molecule has 0 saturated carbocycles. The third-order valence-corrected chi connectivity index (χ3v) is 4.61. The summed E-state index contributed by atoms with van der Waals surface area (Å²) in [6.07, 6.45) is 6.13. The maximum atomic E-state index is 12.8. The Labute approximate surface area is 144 Å². The normalized spacial score (nSPS) is 17.2. The lowest BCUT2D eigenvalue weighted by molar-refractivity contribution is 0.0721. The number of likely N-dealkylation sites (tertiary alicyclic amines) is 1. The van der Waals surface area contributed by atoms with E-state index in [0.717, 1.165) is 12.8 Å². The van der Waals surface area contributed by atoms with Crippen molar-refractivity contribution < 1.29 is 4.79 Å². The van der Waals surface area contributed by atoms with Gasteiger partial charge in [0.15, 0.2) is 0 Å². The minimum atomic E-state index is -0.239. The molecule has 7 heteroatoms. The van der Waals surface area contributed by atoms with Crippen LogP contribution in [0.25, 0.3) is 10.9 Å². The quantitative estimate of drug-likeness (QED) is 0.712. The van der Waals surface area contributed by atoms with Crippen LogP contribution in [0.1, 0.15) is 35.2 Å². The first-order valence-corrected chi connectivity index (χ1v) is 8.19. The van der Waals surface area contributed by atoms with Gasteiger partial charge in [-0.25, -0.2) is 9.97 Å². The number of aromatic nitrogens is 4. The van der Waals surface area contributed by atoms with Gasteiger partial charge < -0.3 is 4.90 Å². The van der Waals surface area contributed by atoms with Crippen molar-refractivity contribution in [2.45, 2.75) is 18.9 Å².